The third-order valence-electron chi connectivity index (χ3n) is 6.59. The lowest BCUT2D eigenvalue weighted by Gasteiger charge is -2.60. The molecule has 2 aliphatic rings. The van der Waals surface area contributed by atoms with Crippen LogP contribution in [0.25, 0.3) is 0 Å². The average molecular weight is 401 g/mol. The first-order valence-corrected chi connectivity index (χ1v) is 8.56. The second-order valence-electron chi connectivity index (χ2n) is 8.03. The lowest BCUT2D eigenvalue weighted by molar-refractivity contribution is -0.422. The molecule has 1 aromatic rings. The van der Waals surface area contributed by atoms with E-state index in [2.05, 4.69) is 0 Å². The fourth-order valence-corrected chi connectivity index (χ4v) is 4.64. The first kappa shape index (κ1) is 20.0. The molecular weight excluding hydrogens is 383 g/mol. The number of hydrogen-bond donors (Lipinski definition) is 0. The minimum Gasteiger partial charge on any atom is -0.331 e. The molecule has 2 bridgehead atoms. The Labute approximate surface area is 157 Å². The van der Waals surface area contributed by atoms with Gasteiger partial charge >= 0.3 is 23.5 Å². The van der Waals surface area contributed by atoms with Crippen molar-refractivity contribution in [1.82, 2.24) is 4.90 Å². The molecule has 152 valence electrons. The monoisotopic (exact) mass is 401 g/mol. The number of carbonyl (C=O) groups excluding carboxylic acids is 1. The van der Waals surface area contributed by atoms with Crippen molar-refractivity contribution >= 4 is 17.3 Å². The molecule has 1 amide bonds. The second kappa shape index (κ2) is 5.89. The molecular formula is C17H18F3N3O5. The number of piperidine rings is 1. The van der Waals surface area contributed by atoms with E-state index in [4.69, 9.17) is 0 Å². The maximum Gasteiger partial charge on any atom is 0.471 e. The molecule has 1 aliphatic carbocycles. The third kappa shape index (κ3) is 2.63. The van der Waals surface area contributed by atoms with Crippen molar-refractivity contribution in [2.75, 3.05) is 6.54 Å². The lowest BCUT2D eigenvalue weighted by atomic mass is 9.51. The van der Waals surface area contributed by atoms with Crippen LogP contribution in [-0.2, 0) is 16.6 Å². The van der Waals surface area contributed by atoms with Crippen molar-refractivity contribution in [3.63, 3.8) is 0 Å². The van der Waals surface area contributed by atoms with E-state index in [0.717, 1.165) is 11.0 Å². The van der Waals surface area contributed by atoms with E-state index in [1.807, 2.05) is 0 Å². The molecule has 1 heterocycles. The molecule has 3 rings (SSSR count). The van der Waals surface area contributed by atoms with Crippen LogP contribution in [0, 0.1) is 25.6 Å². The van der Waals surface area contributed by atoms with Gasteiger partial charge in [-0.05, 0) is 29.4 Å². The molecule has 0 saturated carbocycles. The summed E-state index contributed by atoms with van der Waals surface area (Å²) in [6.07, 6.45) is -4.91. The summed E-state index contributed by atoms with van der Waals surface area (Å²) < 4.78 is 39.2. The van der Waals surface area contributed by atoms with Gasteiger partial charge in [-0.2, -0.15) is 13.2 Å². The highest BCUT2D eigenvalue weighted by Gasteiger charge is 2.60. The summed E-state index contributed by atoms with van der Waals surface area (Å²) in [7, 11) is 0. The highest BCUT2D eigenvalue weighted by molar-refractivity contribution is 5.82. The maximum absolute atomic E-state index is 13.1. The van der Waals surface area contributed by atoms with Gasteiger partial charge in [0.15, 0.2) is 0 Å². The van der Waals surface area contributed by atoms with Crippen LogP contribution in [-0.4, -0.2) is 39.4 Å². The Balaban J connectivity index is 2.20. The van der Waals surface area contributed by atoms with Crippen molar-refractivity contribution in [2.45, 2.75) is 51.2 Å². The minimum atomic E-state index is -5.02. The van der Waals surface area contributed by atoms with E-state index < -0.39 is 50.2 Å². The summed E-state index contributed by atoms with van der Waals surface area (Å²) in [6.45, 7) is 5.09. The van der Waals surface area contributed by atoms with E-state index in [-0.39, 0.29) is 19.4 Å². The lowest BCUT2D eigenvalue weighted by Crippen LogP contribution is -2.66. The van der Waals surface area contributed by atoms with Gasteiger partial charge in [0.05, 0.1) is 9.85 Å². The minimum absolute atomic E-state index is 0.0431. The number of nitro benzene ring substituents is 2. The van der Waals surface area contributed by atoms with E-state index in [9.17, 15) is 38.2 Å². The first-order valence-electron chi connectivity index (χ1n) is 8.56. The third-order valence-corrected chi connectivity index (χ3v) is 6.59. The Kier molecular flexibility index (Phi) is 4.21. The average Bonchev–Trinajstić information content (AvgIpc) is 2.55. The molecule has 1 aliphatic heterocycles. The van der Waals surface area contributed by atoms with Gasteiger partial charge in [0.2, 0.25) is 0 Å². The molecule has 0 radical (unpaired) electrons. The number of likely N-dealkylation sites (tertiary alicyclic amines) is 1. The molecule has 28 heavy (non-hydrogen) atoms. The van der Waals surface area contributed by atoms with Crippen LogP contribution in [0.2, 0.25) is 0 Å². The SMILES string of the molecule is CC1(C)[C@H]2Cc3cc([N+](=O)[O-])c([N+](=O)[O-])cc3[C@]1(C)CCN2C(=O)C(F)(F)F. The van der Waals surface area contributed by atoms with Gasteiger partial charge in [0.25, 0.3) is 0 Å². The van der Waals surface area contributed by atoms with Gasteiger partial charge in [0.1, 0.15) is 0 Å². The smallest absolute Gasteiger partial charge is 0.331 e. The molecule has 8 nitrogen and oxygen atoms in total. The van der Waals surface area contributed by atoms with Gasteiger partial charge in [-0.3, -0.25) is 25.0 Å². The van der Waals surface area contributed by atoms with Crippen molar-refractivity contribution in [1.29, 1.82) is 0 Å². The fraction of sp³-hybridized carbons (Fsp3) is 0.588. The summed E-state index contributed by atoms with van der Waals surface area (Å²) in [5.41, 5.74) is -2.09. The molecule has 11 heteroatoms. The van der Waals surface area contributed by atoms with Gasteiger partial charge in [-0.15, -0.1) is 0 Å². The topological polar surface area (TPSA) is 107 Å². The zero-order valence-electron chi connectivity index (χ0n) is 15.4. The van der Waals surface area contributed by atoms with E-state index >= 15 is 0 Å². The van der Waals surface area contributed by atoms with Crippen LogP contribution in [0.5, 0.6) is 0 Å². The number of alkyl halides is 3. The van der Waals surface area contributed by atoms with Crippen molar-refractivity contribution in [3.8, 4) is 0 Å². The highest BCUT2D eigenvalue weighted by Crippen LogP contribution is 2.57. The van der Waals surface area contributed by atoms with E-state index in [1.165, 1.54) is 6.07 Å². The summed E-state index contributed by atoms with van der Waals surface area (Å²) >= 11 is 0. The van der Waals surface area contributed by atoms with Crippen LogP contribution in [0.3, 0.4) is 0 Å². The molecule has 0 N–H and O–H groups in total. The Morgan fingerprint density at radius 1 is 1.14 bits per heavy atom. The van der Waals surface area contributed by atoms with Crippen LogP contribution < -0.4 is 0 Å². The quantitative estimate of drug-likeness (QED) is 0.557. The molecule has 1 fully saturated rings. The number of carbonyl (C=O) groups is 1. The van der Waals surface area contributed by atoms with Gasteiger partial charge in [0, 0.05) is 30.1 Å². The Bertz CT molecular complexity index is 899. The van der Waals surface area contributed by atoms with E-state index in [1.54, 1.807) is 20.8 Å². The summed E-state index contributed by atoms with van der Waals surface area (Å²) in [6, 6.07) is 1.40. The highest BCUT2D eigenvalue weighted by atomic mass is 19.4. The van der Waals surface area contributed by atoms with Crippen LogP contribution >= 0.6 is 0 Å². The summed E-state index contributed by atoms with van der Waals surface area (Å²) in [4.78, 5) is 33.6. The number of hydrogen-bond acceptors (Lipinski definition) is 5. The number of amides is 1. The Morgan fingerprint density at radius 2 is 1.68 bits per heavy atom. The zero-order valence-corrected chi connectivity index (χ0v) is 15.4. The molecule has 0 aromatic heterocycles. The van der Waals surface area contributed by atoms with Crippen molar-refractivity contribution < 1.29 is 27.8 Å². The zero-order chi connectivity index (χ0) is 21.2. The van der Waals surface area contributed by atoms with Gasteiger partial charge in [-0.1, -0.05) is 20.8 Å². The molecule has 0 spiro atoms. The predicted octanol–water partition coefficient (Wildman–Crippen LogP) is 3.51. The Morgan fingerprint density at radius 3 is 2.18 bits per heavy atom. The predicted molar refractivity (Wildman–Crippen MR) is 90.8 cm³/mol. The number of halogens is 3. The van der Waals surface area contributed by atoms with Crippen molar-refractivity contribution in [3.05, 3.63) is 43.5 Å². The van der Waals surface area contributed by atoms with Crippen LogP contribution in [0.1, 0.15) is 38.3 Å². The largest absolute Gasteiger partial charge is 0.471 e. The molecule has 2 atom stereocenters. The number of rotatable bonds is 2. The second-order valence-corrected chi connectivity index (χ2v) is 8.03. The molecule has 0 unspecified atom stereocenters. The maximum atomic E-state index is 13.1. The number of fused-ring (bicyclic) bond motifs is 4. The summed E-state index contributed by atoms with van der Waals surface area (Å²) in [5, 5.41) is 22.6. The van der Waals surface area contributed by atoms with E-state index in [0.29, 0.717) is 11.1 Å². The number of nitrogens with zero attached hydrogens (tertiary/aromatic N) is 3. The normalized spacial score (nSPS) is 25.8. The first-order chi connectivity index (χ1) is 12.7. The van der Waals surface area contributed by atoms with Gasteiger partial charge < -0.3 is 4.90 Å². The number of benzene rings is 1. The van der Waals surface area contributed by atoms with Crippen molar-refractivity contribution in [2.24, 2.45) is 5.41 Å². The van der Waals surface area contributed by atoms with Crippen LogP contribution in [0.15, 0.2) is 12.1 Å². The molecule has 1 saturated heterocycles. The molecule has 1 aromatic carbocycles. The van der Waals surface area contributed by atoms with Gasteiger partial charge in [-0.25, -0.2) is 0 Å². The number of nitro groups is 2. The fourth-order valence-electron chi connectivity index (χ4n) is 4.64. The Hall–Kier alpha value is -2.72. The standard InChI is InChI=1S/C17H18F3N3O5/c1-15(2)13-7-9-6-11(22(25)26)12(23(27)28)8-10(9)16(15,3)4-5-21(13)14(24)17(18,19)20/h6,8,13H,4-5,7H2,1-3H3/t13-,16+/m1/s1. The van der Waals surface area contributed by atoms with Crippen LogP contribution in [0.4, 0.5) is 24.5 Å². The summed E-state index contributed by atoms with van der Waals surface area (Å²) in [5.74, 6) is -1.94.